The quantitative estimate of drug-likeness (QED) is 0.642. The Labute approximate surface area is 120 Å². The van der Waals surface area contributed by atoms with Gasteiger partial charge >= 0.3 is 5.97 Å². The minimum Gasteiger partial charge on any atom is -0.464 e. The van der Waals surface area contributed by atoms with E-state index in [4.69, 9.17) is 4.74 Å². The summed E-state index contributed by atoms with van der Waals surface area (Å²) in [6.07, 6.45) is 0. The summed E-state index contributed by atoms with van der Waals surface area (Å²) in [7, 11) is 0.00431. The summed E-state index contributed by atoms with van der Waals surface area (Å²) in [5.41, 5.74) is 2.17. The molecule has 0 aliphatic rings. The summed E-state index contributed by atoms with van der Waals surface area (Å²) in [6, 6.07) is 13.8. The number of ether oxygens (including phenoxy) is 1. The van der Waals surface area contributed by atoms with Crippen LogP contribution in [0.5, 0.6) is 0 Å². The molecule has 0 N–H and O–H groups in total. The van der Waals surface area contributed by atoms with Crippen LogP contribution in [0.3, 0.4) is 0 Å². The molecule has 20 heavy (non-hydrogen) atoms. The van der Waals surface area contributed by atoms with Crippen LogP contribution in [0.1, 0.15) is 10.5 Å². The number of hydrogen-bond donors (Lipinski definition) is 0. The number of hydrogen-bond acceptors (Lipinski definition) is 3. The van der Waals surface area contributed by atoms with E-state index in [1.165, 1.54) is 12.3 Å². The number of benzene rings is 1. The van der Waals surface area contributed by atoms with E-state index >= 15 is 0 Å². The van der Waals surface area contributed by atoms with E-state index in [2.05, 4.69) is 42.8 Å². The molecule has 0 aliphatic heterocycles. The number of esters is 1. The monoisotopic (exact) mass is 285 g/mol. The molecule has 0 aliphatic carbocycles. The SMILES string of the molecule is COC(=O)c1cccc(-c2cccc([Si](C)(C)C)c2)n1. The van der Waals surface area contributed by atoms with Crippen LogP contribution < -0.4 is 5.19 Å². The van der Waals surface area contributed by atoms with Crippen molar-refractivity contribution in [1.29, 1.82) is 0 Å². The first-order valence-electron chi connectivity index (χ1n) is 6.58. The van der Waals surface area contributed by atoms with Gasteiger partial charge in [-0.15, -0.1) is 0 Å². The second kappa shape index (κ2) is 5.59. The van der Waals surface area contributed by atoms with Gasteiger partial charge in [0.2, 0.25) is 0 Å². The molecule has 2 rings (SSSR count). The summed E-state index contributed by atoms with van der Waals surface area (Å²) < 4.78 is 4.71. The molecule has 0 saturated heterocycles. The van der Waals surface area contributed by atoms with E-state index in [0.29, 0.717) is 5.69 Å². The fourth-order valence-electron chi connectivity index (χ4n) is 1.96. The zero-order valence-electron chi connectivity index (χ0n) is 12.3. The fraction of sp³-hybridized carbons (Fsp3) is 0.250. The molecule has 0 spiro atoms. The highest BCUT2D eigenvalue weighted by Gasteiger charge is 2.17. The Morgan fingerprint density at radius 3 is 2.45 bits per heavy atom. The molecule has 0 radical (unpaired) electrons. The molecular formula is C16H19NO2Si. The van der Waals surface area contributed by atoms with Gasteiger partial charge in [-0.25, -0.2) is 9.78 Å². The van der Waals surface area contributed by atoms with Crippen LogP contribution in [-0.4, -0.2) is 26.1 Å². The van der Waals surface area contributed by atoms with Gasteiger partial charge in [0, 0.05) is 5.56 Å². The first-order chi connectivity index (χ1) is 9.41. The van der Waals surface area contributed by atoms with Crippen molar-refractivity contribution in [3.8, 4) is 11.3 Å². The maximum absolute atomic E-state index is 11.5. The Bertz CT molecular complexity index is 632. The normalized spacial score (nSPS) is 11.2. The first kappa shape index (κ1) is 14.5. The standard InChI is InChI=1S/C16H19NO2Si/c1-19-16(18)15-10-6-9-14(17-15)12-7-5-8-13(11-12)20(2,3)4/h5-11H,1-4H3. The highest BCUT2D eigenvalue weighted by Crippen LogP contribution is 2.17. The fourth-order valence-corrected chi connectivity index (χ4v) is 3.14. The third kappa shape index (κ3) is 3.14. The number of carbonyl (C=O) groups is 1. The Hall–Kier alpha value is -1.94. The second-order valence-corrected chi connectivity index (χ2v) is 10.8. The number of nitrogens with zero attached hydrogens (tertiary/aromatic N) is 1. The van der Waals surface area contributed by atoms with Gasteiger partial charge in [0.1, 0.15) is 5.69 Å². The highest BCUT2D eigenvalue weighted by molar-refractivity contribution is 6.88. The van der Waals surface area contributed by atoms with Crippen molar-refractivity contribution in [3.63, 3.8) is 0 Å². The topological polar surface area (TPSA) is 39.2 Å². The molecule has 1 aromatic carbocycles. The summed E-state index contributed by atoms with van der Waals surface area (Å²) in [4.78, 5) is 15.9. The molecule has 2 aromatic rings. The van der Waals surface area contributed by atoms with Crippen molar-refractivity contribution >= 4 is 19.2 Å². The lowest BCUT2D eigenvalue weighted by atomic mass is 10.1. The maximum Gasteiger partial charge on any atom is 0.356 e. The Balaban J connectivity index is 2.44. The lowest BCUT2D eigenvalue weighted by Gasteiger charge is -2.17. The summed E-state index contributed by atoms with van der Waals surface area (Å²) in [5.74, 6) is -0.409. The molecule has 1 aromatic heterocycles. The van der Waals surface area contributed by atoms with E-state index in [1.54, 1.807) is 6.07 Å². The summed E-state index contributed by atoms with van der Waals surface area (Å²) in [6.45, 7) is 6.93. The molecule has 1 heterocycles. The van der Waals surface area contributed by atoms with Crippen molar-refractivity contribution in [2.24, 2.45) is 0 Å². The zero-order chi connectivity index (χ0) is 14.8. The highest BCUT2D eigenvalue weighted by atomic mass is 28.3. The smallest absolute Gasteiger partial charge is 0.356 e. The maximum atomic E-state index is 11.5. The third-order valence-electron chi connectivity index (χ3n) is 3.17. The minimum atomic E-state index is -1.36. The molecule has 0 fully saturated rings. The van der Waals surface area contributed by atoms with Gasteiger partial charge in [0.15, 0.2) is 0 Å². The Morgan fingerprint density at radius 1 is 1.10 bits per heavy atom. The van der Waals surface area contributed by atoms with Crippen LogP contribution in [0.2, 0.25) is 19.6 Å². The zero-order valence-corrected chi connectivity index (χ0v) is 13.3. The van der Waals surface area contributed by atoms with Crippen LogP contribution in [0.15, 0.2) is 42.5 Å². The van der Waals surface area contributed by atoms with Crippen molar-refractivity contribution in [3.05, 3.63) is 48.2 Å². The molecule has 0 unspecified atom stereocenters. The van der Waals surface area contributed by atoms with Gasteiger partial charge in [-0.3, -0.25) is 0 Å². The molecule has 3 nitrogen and oxygen atoms in total. The number of aromatic nitrogens is 1. The van der Waals surface area contributed by atoms with Crippen molar-refractivity contribution in [2.75, 3.05) is 7.11 Å². The van der Waals surface area contributed by atoms with Crippen molar-refractivity contribution < 1.29 is 9.53 Å². The number of pyridine rings is 1. The van der Waals surface area contributed by atoms with Gasteiger partial charge in [-0.2, -0.15) is 0 Å². The van der Waals surface area contributed by atoms with Gasteiger partial charge in [-0.05, 0) is 12.1 Å². The summed E-state index contributed by atoms with van der Waals surface area (Å²) in [5, 5.41) is 1.38. The number of carbonyl (C=O) groups excluding carboxylic acids is 1. The predicted molar refractivity (Wildman–Crippen MR) is 84.0 cm³/mol. The Morgan fingerprint density at radius 2 is 1.80 bits per heavy atom. The number of methoxy groups -OCH3 is 1. The van der Waals surface area contributed by atoms with Crippen LogP contribution in [0.25, 0.3) is 11.3 Å². The lowest BCUT2D eigenvalue weighted by Crippen LogP contribution is -2.37. The molecular weight excluding hydrogens is 266 g/mol. The van der Waals surface area contributed by atoms with Crippen LogP contribution in [0, 0.1) is 0 Å². The average Bonchev–Trinajstić information content (AvgIpc) is 2.46. The molecule has 0 bridgehead atoms. The van der Waals surface area contributed by atoms with Gasteiger partial charge in [0.05, 0.1) is 20.9 Å². The van der Waals surface area contributed by atoms with Crippen molar-refractivity contribution in [2.45, 2.75) is 19.6 Å². The molecule has 104 valence electrons. The molecule has 0 atom stereocenters. The van der Waals surface area contributed by atoms with Gasteiger partial charge in [0.25, 0.3) is 0 Å². The van der Waals surface area contributed by atoms with E-state index < -0.39 is 14.0 Å². The van der Waals surface area contributed by atoms with E-state index in [0.717, 1.165) is 11.3 Å². The molecule has 4 heteroatoms. The summed E-state index contributed by atoms with van der Waals surface area (Å²) >= 11 is 0. The van der Waals surface area contributed by atoms with Crippen LogP contribution in [0.4, 0.5) is 0 Å². The van der Waals surface area contributed by atoms with E-state index in [1.807, 2.05) is 18.2 Å². The minimum absolute atomic E-state index is 0.336. The molecule has 0 saturated carbocycles. The van der Waals surface area contributed by atoms with E-state index in [-0.39, 0.29) is 0 Å². The van der Waals surface area contributed by atoms with Gasteiger partial charge in [-0.1, -0.05) is 55.2 Å². The second-order valence-electron chi connectivity index (χ2n) is 5.73. The number of rotatable bonds is 3. The lowest BCUT2D eigenvalue weighted by molar-refractivity contribution is 0.0594. The first-order valence-corrected chi connectivity index (χ1v) is 10.1. The van der Waals surface area contributed by atoms with Crippen molar-refractivity contribution in [1.82, 2.24) is 4.98 Å². The largest absolute Gasteiger partial charge is 0.464 e. The van der Waals surface area contributed by atoms with Crippen LogP contribution >= 0.6 is 0 Å². The third-order valence-corrected chi connectivity index (χ3v) is 5.21. The predicted octanol–water partition coefficient (Wildman–Crippen LogP) is 3.08. The van der Waals surface area contributed by atoms with E-state index in [9.17, 15) is 4.79 Å². The Kier molecular flexibility index (Phi) is 4.04. The van der Waals surface area contributed by atoms with Gasteiger partial charge < -0.3 is 4.74 Å². The van der Waals surface area contributed by atoms with Crippen LogP contribution in [-0.2, 0) is 4.74 Å². The molecule has 0 amide bonds. The average molecular weight is 285 g/mol.